The van der Waals surface area contributed by atoms with Gasteiger partial charge in [0.25, 0.3) is 5.56 Å². The summed E-state index contributed by atoms with van der Waals surface area (Å²) in [5.41, 5.74) is 1.09. The van der Waals surface area contributed by atoms with Gasteiger partial charge in [0.15, 0.2) is 0 Å². The number of benzene rings is 2. The molecule has 0 N–H and O–H groups in total. The van der Waals surface area contributed by atoms with Crippen LogP contribution in [0.2, 0.25) is 0 Å². The molecule has 2 aromatic carbocycles. The van der Waals surface area contributed by atoms with Crippen LogP contribution in [0.3, 0.4) is 0 Å². The lowest BCUT2D eigenvalue weighted by Gasteiger charge is -2.32. The zero-order valence-corrected chi connectivity index (χ0v) is 16.2. The van der Waals surface area contributed by atoms with E-state index in [1.54, 1.807) is 24.3 Å². The van der Waals surface area contributed by atoms with Crippen LogP contribution in [-0.4, -0.2) is 35.4 Å². The zero-order valence-electron chi connectivity index (χ0n) is 15.4. The maximum atomic E-state index is 13.3. The molecule has 0 unspecified atom stereocenters. The highest BCUT2D eigenvalue weighted by Crippen LogP contribution is 2.26. The fraction of sp³-hybridized carbons (Fsp3) is 0.300. The second-order valence-corrected chi connectivity index (χ2v) is 9.00. The summed E-state index contributed by atoms with van der Waals surface area (Å²) in [4.78, 5) is 17.2. The Kier molecular flexibility index (Phi) is 4.76. The van der Waals surface area contributed by atoms with E-state index in [2.05, 4.69) is 4.98 Å². The number of piperidine rings is 1. The number of aryl methyl sites for hydroxylation is 1. The monoisotopic (exact) mass is 401 g/mol. The highest BCUT2D eigenvalue weighted by molar-refractivity contribution is 7.89. The predicted molar refractivity (Wildman–Crippen MR) is 104 cm³/mol. The fourth-order valence-electron chi connectivity index (χ4n) is 3.59. The van der Waals surface area contributed by atoms with Gasteiger partial charge in [0.1, 0.15) is 5.82 Å². The molecule has 0 bridgehead atoms. The van der Waals surface area contributed by atoms with Gasteiger partial charge in [-0.15, -0.1) is 0 Å². The molecule has 8 heteroatoms. The Morgan fingerprint density at radius 2 is 1.75 bits per heavy atom. The summed E-state index contributed by atoms with van der Waals surface area (Å²) < 4.78 is 42.0. The van der Waals surface area contributed by atoms with Crippen LogP contribution in [0.5, 0.6) is 0 Å². The first-order valence-corrected chi connectivity index (χ1v) is 10.5. The van der Waals surface area contributed by atoms with Crippen LogP contribution >= 0.6 is 0 Å². The molecule has 0 saturated carbocycles. The number of rotatable bonds is 3. The molecule has 0 amide bonds. The molecule has 0 aliphatic carbocycles. The van der Waals surface area contributed by atoms with Crippen molar-refractivity contribution in [2.45, 2.75) is 30.7 Å². The summed E-state index contributed by atoms with van der Waals surface area (Å²) in [6.45, 7) is 2.56. The van der Waals surface area contributed by atoms with Crippen molar-refractivity contribution in [3.05, 3.63) is 70.5 Å². The summed E-state index contributed by atoms with van der Waals surface area (Å²) in [5, 5.41) is 0.360. The van der Waals surface area contributed by atoms with Gasteiger partial charge in [0, 0.05) is 25.2 Å². The van der Waals surface area contributed by atoms with Gasteiger partial charge in [0.05, 0.1) is 22.1 Å². The molecule has 146 valence electrons. The summed E-state index contributed by atoms with van der Waals surface area (Å²) in [6.07, 6.45) is 2.46. The van der Waals surface area contributed by atoms with Crippen molar-refractivity contribution in [2.75, 3.05) is 13.1 Å². The van der Waals surface area contributed by atoms with Crippen molar-refractivity contribution in [3.8, 4) is 0 Å². The average Bonchev–Trinajstić information content (AvgIpc) is 2.68. The Bertz CT molecular complexity index is 1180. The van der Waals surface area contributed by atoms with E-state index in [1.807, 2.05) is 6.92 Å². The summed E-state index contributed by atoms with van der Waals surface area (Å²) in [7, 11) is -3.55. The summed E-state index contributed by atoms with van der Waals surface area (Å²) in [6, 6.07) is 10.6. The molecule has 1 aromatic heterocycles. The van der Waals surface area contributed by atoms with Crippen molar-refractivity contribution in [1.82, 2.24) is 13.9 Å². The highest BCUT2D eigenvalue weighted by Gasteiger charge is 2.30. The van der Waals surface area contributed by atoms with E-state index < -0.39 is 15.8 Å². The van der Waals surface area contributed by atoms with Gasteiger partial charge in [-0.05, 0) is 44.0 Å². The van der Waals surface area contributed by atoms with Crippen molar-refractivity contribution < 1.29 is 12.8 Å². The third kappa shape index (κ3) is 3.33. The van der Waals surface area contributed by atoms with Gasteiger partial charge in [-0.25, -0.2) is 17.8 Å². The zero-order chi connectivity index (χ0) is 19.9. The predicted octanol–water partition coefficient (Wildman–Crippen LogP) is 2.87. The third-order valence-corrected chi connectivity index (χ3v) is 7.13. The number of aromatic nitrogens is 2. The first-order valence-electron chi connectivity index (χ1n) is 9.09. The van der Waals surface area contributed by atoms with E-state index in [-0.39, 0.29) is 16.5 Å². The molecule has 0 radical (unpaired) electrons. The van der Waals surface area contributed by atoms with Crippen LogP contribution in [0.15, 0.2) is 58.5 Å². The normalized spacial score (nSPS) is 16.5. The standard InChI is InChI=1S/C20H20FN3O3S/c1-14-2-5-17(6-3-14)28(26,27)23-10-8-16(9-11-23)24-13-22-19-12-15(21)4-7-18(19)20(24)25/h2-7,12-13,16H,8-11H2,1H3. The van der Waals surface area contributed by atoms with Crippen molar-refractivity contribution >= 4 is 20.9 Å². The molecule has 0 atom stereocenters. The van der Waals surface area contributed by atoms with E-state index in [0.717, 1.165) is 5.56 Å². The maximum Gasteiger partial charge on any atom is 0.261 e. The van der Waals surface area contributed by atoms with Crippen LogP contribution in [0.25, 0.3) is 10.9 Å². The van der Waals surface area contributed by atoms with Crippen molar-refractivity contribution in [1.29, 1.82) is 0 Å². The Hall–Kier alpha value is -2.58. The summed E-state index contributed by atoms with van der Waals surface area (Å²) >= 11 is 0. The van der Waals surface area contributed by atoms with Gasteiger partial charge in [-0.1, -0.05) is 17.7 Å². The summed E-state index contributed by atoms with van der Waals surface area (Å²) in [5.74, 6) is -0.438. The lowest BCUT2D eigenvalue weighted by molar-refractivity contribution is 0.269. The topological polar surface area (TPSA) is 72.3 Å². The van der Waals surface area contributed by atoms with Crippen LogP contribution in [0, 0.1) is 12.7 Å². The maximum absolute atomic E-state index is 13.3. The SMILES string of the molecule is Cc1ccc(S(=O)(=O)N2CCC(n3cnc4cc(F)ccc4c3=O)CC2)cc1. The average molecular weight is 401 g/mol. The number of sulfonamides is 1. The minimum atomic E-state index is -3.55. The first kappa shape index (κ1) is 18.8. The Morgan fingerprint density at radius 1 is 1.07 bits per heavy atom. The molecule has 1 saturated heterocycles. The van der Waals surface area contributed by atoms with Crippen molar-refractivity contribution in [2.24, 2.45) is 0 Å². The quantitative estimate of drug-likeness (QED) is 0.677. The van der Waals surface area contributed by atoms with Crippen LogP contribution in [-0.2, 0) is 10.0 Å². The van der Waals surface area contributed by atoms with Crippen molar-refractivity contribution in [3.63, 3.8) is 0 Å². The lowest BCUT2D eigenvalue weighted by atomic mass is 10.1. The van der Waals surface area contributed by atoms with E-state index in [1.165, 1.54) is 33.4 Å². The second-order valence-electron chi connectivity index (χ2n) is 7.07. The molecule has 4 rings (SSSR count). The minimum Gasteiger partial charge on any atom is -0.296 e. The van der Waals surface area contributed by atoms with Gasteiger partial charge >= 0.3 is 0 Å². The molecule has 6 nitrogen and oxygen atoms in total. The van der Waals surface area contributed by atoms with Crippen LogP contribution in [0.1, 0.15) is 24.4 Å². The van der Waals surface area contributed by atoms with Gasteiger partial charge in [0.2, 0.25) is 10.0 Å². The molecular formula is C20H20FN3O3S. The molecule has 0 spiro atoms. The molecule has 3 aromatic rings. The molecule has 2 heterocycles. The minimum absolute atomic E-state index is 0.140. The first-order chi connectivity index (χ1) is 13.4. The van der Waals surface area contributed by atoms with E-state index >= 15 is 0 Å². The third-order valence-electron chi connectivity index (χ3n) is 5.22. The molecule has 1 fully saturated rings. The number of nitrogens with zero attached hydrogens (tertiary/aromatic N) is 3. The fourth-order valence-corrected chi connectivity index (χ4v) is 5.06. The second kappa shape index (κ2) is 7.10. The Morgan fingerprint density at radius 3 is 2.43 bits per heavy atom. The highest BCUT2D eigenvalue weighted by atomic mass is 32.2. The number of halogens is 1. The Balaban J connectivity index is 1.55. The molecule has 28 heavy (non-hydrogen) atoms. The number of fused-ring (bicyclic) bond motifs is 1. The van der Waals surface area contributed by atoms with Gasteiger partial charge < -0.3 is 0 Å². The molecule has 1 aliphatic heterocycles. The molecule has 1 aliphatic rings. The van der Waals surface area contributed by atoms with Crippen LogP contribution in [0.4, 0.5) is 4.39 Å². The van der Waals surface area contributed by atoms with E-state index in [4.69, 9.17) is 0 Å². The van der Waals surface area contributed by atoms with E-state index in [0.29, 0.717) is 36.8 Å². The lowest BCUT2D eigenvalue weighted by Crippen LogP contribution is -2.40. The number of hydrogen-bond donors (Lipinski definition) is 0. The van der Waals surface area contributed by atoms with Gasteiger partial charge in [-0.2, -0.15) is 4.31 Å². The number of hydrogen-bond acceptors (Lipinski definition) is 4. The largest absolute Gasteiger partial charge is 0.296 e. The Labute approximate surface area is 162 Å². The van der Waals surface area contributed by atoms with E-state index in [9.17, 15) is 17.6 Å². The molecular weight excluding hydrogens is 381 g/mol. The van der Waals surface area contributed by atoms with Crippen LogP contribution < -0.4 is 5.56 Å². The smallest absolute Gasteiger partial charge is 0.261 e. The van der Waals surface area contributed by atoms with Gasteiger partial charge in [-0.3, -0.25) is 9.36 Å².